The molecule has 1 atom stereocenters. The smallest absolute Gasteiger partial charge is 0.267 e. The number of benzene rings is 1. The van der Waals surface area contributed by atoms with Gasteiger partial charge in [0.05, 0.1) is 28.2 Å². The number of hydrogen-bond donors (Lipinski definition) is 0. The van der Waals surface area contributed by atoms with Gasteiger partial charge in [-0.15, -0.1) is 0 Å². The molecule has 0 unspecified atom stereocenters. The van der Waals surface area contributed by atoms with Gasteiger partial charge in [-0.1, -0.05) is 42.2 Å². The lowest BCUT2D eigenvalue weighted by Gasteiger charge is -2.23. The summed E-state index contributed by atoms with van der Waals surface area (Å²) in [6, 6.07) is 5.92. The van der Waals surface area contributed by atoms with E-state index >= 15 is 0 Å². The number of carbonyl (C=O) groups is 3. The summed E-state index contributed by atoms with van der Waals surface area (Å²) in [7, 11) is 1.62. The summed E-state index contributed by atoms with van der Waals surface area (Å²) in [6.45, 7) is 1.32. The molecular formula is C15H11N2O4S2-. The van der Waals surface area contributed by atoms with Crippen molar-refractivity contribution in [2.75, 3.05) is 11.9 Å². The van der Waals surface area contributed by atoms with Gasteiger partial charge in [0.1, 0.15) is 4.32 Å². The first-order chi connectivity index (χ1) is 10.8. The number of anilines is 1. The first-order valence-electron chi connectivity index (χ1n) is 6.72. The van der Waals surface area contributed by atoms with E-state index in [0.717, 1.165) is 16.7 Å². The summed E-state index contributed by atoms with van der Waals surface area (Å²) in [5.74, 6) is -2.29. The summed E-state index contributed by atoms with van der Waals surface area (Å²) in [5, 5.41) is 11.1. The Balaban J connectivity index is 2.14. The van der Waals surface area contributed by atoms with Gasteiger partial charge in [-0.3, -0.25) is 14.5 Å². The van der Waals surface area contributed by atoms with E-state index in [1.54, 1.807) is 31.3 Å². The quantitative estimate of drug-likeness (QED) is 0.568. The third-order valence-electron chi connectivity index (χ3n) is 3.81. The van der Waals surface area contributed by atoms with E-state index in [2.05, 4.69) is 0 Å². The van der Waals surface area contributed by atoms with Crippen molar-refractivity contribution in [2.24, 2.45) is 0 Å². The molecule has 2 heterocycles. The second-order valence-electron chi connectivity index (χ2n) is 5.12. The molecule has 0 radical (unpaired) electrons. The van der Waals surface area contributed by atoms with Crippen molar-refractivity contribution >= 4 is 57.3 Å². The highest BCUT2D eigenvalue weighted by Gasteiger charge is 2.42. The molecule has 6 nitrogen and oxygen atoms in total. The molecule has 23 heavy (non-hydrogen) atoms. The monoisotopic (exact) mass is 347 g/mol. The largest absolute Gasteiger partial charge is 0.548 e. The maximum atomic E-state index is 12.6. The molecule has 8 heteroatoms. The van der Waals surface area contributed by atoms with Crippen molar-refractivity contribution in [3.8, 4) is 0 Å². The van der Waals surface area contributed by atoms with Crippen LogP contribution in [-0.4, -0.2) is 40.1 Å². The molecule has 1 aromatic carbocycles. The zero-order valence-corrected chi connectivity index (χ0v) is 13.9. The second kappa shape index (κ2) is 5.47. The van der Waals surface area contributed by atoms with E-state index in [1.807, 2.05) is 0 Å². The van der Waals surface area contributed by atoms with Gasteiger partial charge in [0.15, 0.2) is 0 Å². The molecule has 0 spiro atoms. The van der Waals surface area contributed by atoms with Gasteiger partial charge >= 0.3 is 0 Å². The zero-order valence-electron chi connectivity index (χ0n) is 12.2. The SMILES string of the molecule is C[C@H](C(=O)[O-])N1C(=O)/C(=C2\C(=O)N(C)c3ccccc32)SC1=S. The fourth-order valence-electron chi connectivity index (χ4n) is 2.56. The van der Waals surface area contributed by atoms with E-state index in [1.165, 1.54) is 11.8 Å². The highest BCUT2D eigenvalue weighted by atomic mass is 32.2. The van der Waals surface area contributed by atoms with Gasteiger partial charge in [0.25, 0.3) is 11.8 Å². The van der Waals surface area contributed by atoms with E-state index < -0.39 is 17.9 Å². The maximum Gasteiger partial charge on any atom is 0.267 e. The summed E-state index contributed by atoms with van der Waals surface area (Å²) in [5.41, 5.74) is 1.60. The van der Waals surface area contributed by atoms with Crippen LogP contribution in [0.1, 0.15) is 12.5 Å². The van der Waals surface area contributed by atoms with Crippen molar-refractivity contribution in [1.29, 1.82) is 0 Å². The van der Waals surface area contributed by atoms with Gasteiger partial charge in [-0.25, -0.2) is 0 Å². The molecule has 0 aliphatic carbocycles. The Hall–Kier alpha value is -2.19. The normalized spacial score (nSPS) is 21.9. The van der Waals surface area contributed by atoms with Crippen molar-refractivity contribution in [3.63, 3.8) is 0 Å². The van der Waals surface area contributed by atoms with Crippen LogP contribution in [0.2, 0.25) is 0 Å². The fourth-order valence-corrected chi connectivity index (χ4v) is 4.05. The molecule has 0 saturated carbocycles. The number of para-hydroxylation sites is 1. The molecule has 1 fully saturated rings. The van der Waals surface area contributed by atoms with Gasteiger partial charge in [0.2, 0.25) is 0 Å². The predicted octanol–water partition coefficient (Wildman–Crippen LogP) is 0.373. The number of likely N-dealkylation sites (N-methyl/N-ethyl adjacent to an activating group) is 1. The molecular weight excluding hydrogens is 336 g/mol. The van der Waals surface area contributed by atoms with Gasteiger partial charge in [-0.05, 0) is 13.0 Å². The summed E-state index contributed by atoms with van der Waals surface area (Å²) in [4.78, 5) is 38.8. The minimum absolute atomic E-state index is 0.106. The molecule has 2 aliphatic heterocycles. The number of aliphatic carboxylic acids is 1. The van der Waals surface area contributed by atoms with E-state index in [4.69, 9.17) is 12.2 Å². The molecule has 118 valence electrons. The van der Waals surface area contributed by atoms with Crippen LogP contribution in [0.15, 0.2) is 29.2 Å². The van der Waals surface area contributed by atoms with Crippen LogP contribution in [0.25, 0.3) is 5.57 Å². The minimum Gasteiger partial charge on any atom is -0.548 e. The number of nitrogens with zero attached hydrogens (tertiary/aromatic N) is 2. The fraction of sp³-hybridized carbons (Fsp3) is 0.200. The minimum atomic E-state index is -1.40. The standard InChI is InChI=1S/C15H12N2O4S2/c1-7(14(20)21)17-13(19)11(23-15(17)22)10-8-5-3-4-6-9(8)16(2)12(10)18/h3-7H,1-2H3,(H,20,21)/p-1/b11-10+/t7-/m1/s1. The number of carbonyl (C=O) groups excluding carboxylic acids is 3. The topological polar surface area (TPSA) is 80.7 Å². The number of thiocarbonyl (C=S) groups is 1. The zero-order chi connectivity index (χ0) is 16.9. The Kier molecular flexibility index (Phi) is 3.73. The number of fused-ring (bicyclic) bond motifs is 1. The molecule has 0 bridgehead atoms. The molecule has 1 aromatic rings. The number of hydrogen-bond acceptors (Lipinski definition) is 6. The van der Waals surface area contributed by atoms with Crippen LogP contribution < -0.4 is 10.0 Å². The lowest BCUT2D eigenvalue weighted by molar-refractivity contribution is -0.309. The lowest BCUT2D eigenvalue weighted by atomic mass is 10.1. The molecule has 2 aliphatic rings. The number of rotatable bonds is 2. The number of carboxylic acid groups (broad SMARTS) is 1. The van der Waals surface area contributed by atoms with Crippen LogP contribution >= 0.6 is 24.0 Å². The number of amides is 2. The van der Waals surface area contributed by atoms with Crippen molar-refractivity contribution in [3.05, 3.63) is 34.7 Å². The summed E-state index contributed by atoms with van der Waals surface area (Å²) >= 11 is 6.05. The third-order valence-corrected chi connectivity index (χ3v) is 5.21. The maximum absolute atomic E-state index is 12.6. The third kappa shape index (κ3) is 2.25. The average molecular weight is 347 g/mol. The van der Waals surface area contributed by atoms with Crippen LogP contribution in [0.3, 0.4) is 0 Å². The number of carboxylic acids is 1. The Morgan fingerprint density at radius 3 is 2.57 bits per heavy atom. The molecule has 3 rings (SSSR count). The van der Waals surface area contributed by atoms with Crippen LogP contribution in [0, 0.1) is 0 Å². The average Bonchev–Trinajstić information content (AvgIpc) is 2.94. The van der Waals surface area contributed by atoms with Crippen LogP contribution in [0.5, 0.6) is 0 Å². The Labute approximate surface area is 141 Å². The van der Waals surface area contributed by atoms with Crippen LogP contribution in [0.4, 0.5) is 5.69 Å². The van der Waals surface area contributed by atoms with Gasteiger partial charge in [0, 0.05) is 12.6 Å². The second-order valence-corrected chi connectivity index (χ2v) is 6.77. The number of thioether (sulfide) groups is 1. The molecule has 1 saturated heterocycles. The van der Waals surface area contributed by atoms with Gasteiger partial charge in [-0.2, -0.15) is 0 Å². The first kappa shape index (κ1) is 15.7. The molecule has 0 aromatic heterocycles. The summed E-state index contributed by atoms with van der Waals surface area (Å²) < 4.78 is 0.106. The first-order valence-corrected chi connectivity index (χ1v) is 7.95. The van der Waals surface area contributed by atoms with Crippen molar-refractivity contribution in [1.82, 2.24) is 4.90 Å². The van der Waals surface area contributed by atoms with E-state index in [-0.39, 0.29) is 20.7 Å². The highest BCUT2D eigenvalue weighted by molar-refractivity contribution is 8.26. The predicted molar refractivity (Wildman–Crippen MR) is 88.3 cm³/mol. The molecule has 2 amide bonds. The van der Waals surface area contributed by atoms with Crippen molar-refractivity contribution < 1.29 is 19.5 Å². The molecule has 0 N–H and O–H groups in total. The van der Waals surface area contributed by atoms with E-state index in [9.17, 15) is 19.5 Å². The van der Waals surface area contributed by atoms with E-state index in [0.29, 0.717) is 11.3 Å². The van der Waals surface area contributed by atoms with Gasteiger partial charge < -0.3 is 14.8 Å². The Morgan fingerprint density at radius 2 is 1.91 bits per heavy atom. The highest BCUT2D eigenvalue weighted by Crippen LogP contribution is 2.44. The Morgan fingerprint density at radius 1 is 1.26 bits per heavy atom. The van der Waals surface area contributed by atoms with Crippen LogP contribution in [-0.2, 0) is 14.4 Å². The Bertz CT molecular complexity index is 802. The van der Waals surface area contributed by atoms with Crippen molar-refractivity contribution in [2.45, 2.75) is 13.0 Å². The lowest BCUT2D eigenvalue weighted by Crippen LogP contribution is -2.48. The summed E-state index contributed by atoms with van der Waals surface area (Å²) in [6.07, 6.45) is 0.